The molecule has 4 heterocycles. The molecule has 0 amide bonds. The standard InChI is InChI=1S/C22H14Cl2N6O2S/c1-28-19-12(10-27-28)9-26-11-17(19)30-21(31)20-16(29(22(30)32)6-2-5-25)8-18(33-20)14-7-13(23)3-4-15(14)24/h3-4,7-11H,2,6H2,1H3. The van der Waals surface area contributed by atoms with Gasteiger partial charge in [-0.25, -0.2) is 9.36 Å². The minimum Gasteiger partial charge on any atom is -0.291 e. The van der Waals surface area contributed by atoms with Crippen LogP contribution in [0.1, 0.15) is 6.42 Å². The van der Waals surface area contributed by atoms with Gasteiger partial charge in [0.05, 0.1) is 41.6 Å². The van der Waals surface area contributed by atoms with Gasteiger partial charge in [0, 0.05) is 45.7 Å². The van der Waals surface area contributed by atoms with Crippen molar-refractivity contribution < 1.29 is 0 Å². The fraction of sp³-hybridized carbons (Fsp3) is 0.136. The van der Waals surface area contributed by atoms with E-state index in [4.69, 9.17) is 28.5 Å². The van der Waals surface area contributed by atoms with Gasteiger partial charge in [0.1, 0.15) is 4.70 Å². The van der Waals surface area contributed by atoms with Crippen molar-refractivity contribution in [1.82, 2.24) is 23.9 Å². The molecule has 1 aromatic carbocycles. The van der Waals surface area contributed by atoms with E-state index in [1.807, 2.05) is 0 Å². The first-order valence-electron chi connectivity index (χ1n) is 9.78. The van der Waals surface area contributed by atoms with Crippen LogP contribution in [0.25, 0.3) is 37.2 Å². The third-order valence-corrected chi connectivity index (χ3v) is 7.04. The summed E-state index contributed by atoms with van der Waals surface area (Å²) in [4.78, 5) is 32.1. The summed E-state index contributed by atoms with van der Waals surface area (Å²) in [6, 6.07) is 8.88. The molecule has 11 heteroatoms. The van der Waals surface area contributed by atoms with E-state index in [1.54, 1.807) is 48.4 Å². The van der Waals surface area contributed by atoms with E-state index in [2.05, 4.69) is 16.2 Å². The number of hydrogen-bond donors (Lipinski definition) is 0. The normalized spacial score (nSPS) is 11.3. The summed E-state index contributed by atoms with van der Waals surface area (Å²) >= 11 is 13.8. The van der Waals surface area contributed by atoms with Gasteiger partial charge >= 0.3 is 5.69 Å². The van der Waals surface area contributed by atoms with E-state index in [0.717, 1.165) is 4.57 Å². The number of aryl methyl sites for hydroxylation is 2. The van der Waals surface area contributed by atoms with Crippen molar-refractivity contribution in [3.05, 3.63) is 73.7 Å². The second kappa shape index (κ2) is 8.15. The molecule has 0 aliphatic heterocycles. The molecule has 0 bridgehead atoms. The second-order valence-electron chi connectivity index (χ2n) is 7.30. The van der Waals surface area contributed by atoms with E-state index in [0.29, 0.717) is 47.3 Å². The highest BCUT2D eigenvalue weighted by Gasteiger charge is 2.21. The zero-order valence-corrected chi connectivity index (χ0v) is 19.4. The van der Waals surface area contributed by atoms with E-state index < -0.39 is 11.2 Å². The molecule has 164 valence electrons. The molecule has 0 unspecified atom stereocenters. The van der Waals surface area contributed by atoms with Crippen molar-refractivity contribution in [2.45, 2.75) is 13.0 Å². The molecular formula is C22H14Cl2N6O2S. The largest absolute Gasteiger partial charge is 0.336 e. The molecule has 33 heavy (non-hydrogen) atoms. The van der Waals surface area contributed by atoms with Crippen LogP contribution in [0.3, 0.4) is 0 Å². The van der Waals surface area contributed by atoms with Gasteiger partial charge in [0.25, 0.3) is 5.56 Å². The average molecular weight is 497 g/mol. The molecule has 0 saturated heterocycles. The third kappa shape index (κ3) is 3.43. The molecule has 5 rings (SSSR count). The van der Waals surface area contributed by atoms with E-state index in [9.17, 15) is 9.59 Å². The summed E-state index contributed by atoms with van der Waals surface area (Å²) in [6.07, 6.45) is 4.81. The lowest BCUT2D eigenvalue weighted by molar-refractivity contribution is 0.662. The topological polar surface area (TPSA) is 98.5 Å². The summed E-state index contributed by atoms with van der Waals surface area (Å²) in [5.74, 6) is 0. The van der Waals surface area contributed by atoms with Gasteiger partial charge < -0.3 is 0 Å². The highest BCUT2D eigenvalue weighted by molar-refractivity contribution is 7.22. The fourth-order valence-corrected chi connectivity index (χ4v) is 5.40. The molecule has 0 radical (unpaired) electrons. The average Bonchev–Trinajstić information content (AvgIpc) is 3.40. The minimum absolute atomic E-state index is 0.102. The lowest BCUT2D eigenvalue weighted by Crippen LogP contribution is -2.38. The van der Waals surface area contributed by atoms with Crippen molar-refractivity contribution in [2.24, 2.45) is 7.05 Å². The number of halogens is 2. The third-order valence-electron chi connectivity index (χ3n) is 5.32. The minimum atomic E-state index is -0.556. The maximum absolute atomic E-state index is 13.6. The Hall–Kier alpha value is -3.45. The van der Waals surface area contributed by atoms with Crippen LogP contribution in [-0.4, -0.2) is 23.9 Å². The first-order valence-corrected chi connectivity index (χ1v) is 11.4. The molecule has 0 aliphatic carbocycles. The SMILES string of the molecule is Cn1ncc2cncc(-n3c(=O)c4sc(-c5cc(Cl)ccc5Cl)cc4n(CCC#N)c3=O)c21. The van der Waals surface area contributed by atoms with Gasteiger partial charge in [-0.15, -0.1) is 11.3 Å². The summed E-state index contributed by atoms with van der Waals surface area (Å²) in [7, 11) is 1.73. The van der Waals surface area contributed by atoms with Gasteiger partial charge in [0.2, 0.25) is 0 Å². The molecule has 0 fully saturated rings. The smallest absolute Gasteiger partial charge is 0.291 e. The Morgan fingerprint density at radius 3 is 2.76 bits per heavy atom. The molecule has 5 aromatic rings. The van der Waals surface area contributed by atoms with Crippen molar-refractivity contribution >= 4 is 55.7 Å². The van der Waals surface area contributed by atoms with Crippen molar-refractivity contribution in [3.8, 4) is 22.2 Å². The quantitative estimate of drug-likeness (QED) is 0.367. The Morgan fingerprint density at radius 1 is 1.15 bits per heavy atom. The van der Waals surface area contributed by atoms with Crippen LogP contribution >= 0.6 is 34.5 Å². The number of nitriles is 1. The number of benzene rings is 1. The van der Waals surface area contributed by atoms with Crippen LogP contribution in [-0.2, 0) is 13.6 Å². The monoisotopic (exact) mass is 496 g/mol. The van der Waals surface area contributed by atoms with Crippen LogP contribution in [0.4, 0.5) is 0 Å². The molecule has 4 aromatic heterocycles. The lowest BCUT2D eigenvalue weighted by atomic mass is 10.2. The molecule has 0 saturated carbocycles. The van der Waals surface area contributed by atoms with Gasteiger partial charge in [-0.05, 0) is 24.3 Å². The Labute approximate surface area is 200 Å². The Bertz CT molecular complexity index is 1720. The number of hydrogen-bond acceptors (Lipinski definition) is 6. The number of rotatable bonds is 4. The molecule has 0 atom stereocenters. The van der Waals surface area contributed by atoms with Gasteiger partial charge in [-0.3, -0.25) is 19.0 Å². The molecule has 0 N–H and O–H groups in total. The second-order valence-corrected chi connectivity index (χ2v) is 9.19. The number of thiophene rings is 1. The molecule has 0 aliphatic rings. The number of nitrogens with zero attached hydrogens (tertiary/aromatic N) is 6. The predicted molar refractivity (Wildman–Crippen MR) is 129 cm³/mol. The van der Waals surface area contributed by atoms with E-state index in [-0.39, 0.29) is 13.0 Å². The van der Waals surface area contributed by atoms with Crippen molar-refractivity contribution in [1.29, 1.82) is 5.26 Å². The zero-order valence-electron chi connectivity index (χ0n) is 17.1. The first kappa shape index (κ1) is 21.4. The highest BCUT2D eigenvalue weighted by atomic mass is 35.5. The summed E-state index contributed by atoms with van der Waals surface area (Å²) in [6.45, 7) is 0.125. The van der Waals surface area contributed by atoms with Crippen LogP contribution < -0.4 is 11.2 Å². The Balaban J connectivity index is 1.88. The van der Waals surface area contributed by atoms with E-state index >= 15 is 0 Å². The predicted octanol–water partition coefficient (Wildman–Crippen LogP) is 4.38. The number of fused-ring (bicyclic) bond motifs is 2. The molecule has 0 spiro atoms. The summed E-state index contributed by atoms with van der Waals surface area (Å²) < 4.78 is 4.48. The van der Waals surface area contributed by atoms with Gasteiger partial charge in [-0.1, -0.05) is 23.2 Å². The van der Waals surface area contributed by atoms with Crippen LogP contribution in [0.2, 0.25) is 10.0 Å². The first-order chi connectivity index (χ1) is 15.9. The van der Waals surface area contributed by atoms with Crippen LogP contribution in [0.15, 0.2) is 52.4 Å². The zero-order chi connectivity index (χ0) is 23.3. The Kier molecular flexibility index (Phi) is 5.29. The summed E-state index contributed by atoms with van der Waals surface area (Å²) in [5.41, 5.74) is 0.993. The lowest BCUT2D eigenvalue weighted by Gasteiger charge is -2.12. The van der Waals surface area contributed by atoms with Gasteiger partial charge in [0.15, 0.2) is 0 Å². The maximum atomic E-state index is 13.6. The summed E-state index contributed by atoms with van der Waals surface area (Å²) in [5, 5.41) is 15.0. The van der Waals surface area contributed by atoms with Crippen molar-refractivity contribution in [3.63, 3.8) is 0 Å². The number of aromatic nitrogens is 5. The number of pyridine rings is 1. The molecular weight excluding hydrogens is 483 g/mol. The van der Waals surface area contributed by atoms with Crippen LogP contribution in [0, 0.1) is 11.3 Å². The highest BCUT2D eigenvalue weighted by Crippen LogP contribution is 2.37. The van der Waals surface area contributed by atoms with Crippen molar-refractivity contribution in [2.75, 3.05) is 0 Å². The molecule has 8 nitrogen and oxygen atoms in total. The van der Waals surface area contributed by atoms with Crippen LogP contribution in [0.5, 0.6) is 0 Å². The maximum Gasteiger partial charge on any atom is 0.336 e. The Morgan fingerprint density at radius 2 is 1.97 bits per heavy atom. The van der Waals surface area contributed by atoms with E-state index in [1.165, 1.54) is 22.1 Å². The fourth-order valence-electron chi connectivity index (χ4n) is 3.83. The van der Waals surface area contributed by atoms with Gasteiger partial charge in [-0.2, -0.15) is 10.4 Å².